The zero-order valence-electron chi connectivity index (χ0n) is 9.08. The molecule has 0 unspecified atom stereocenters. The first-order chi connectivity index (χ1) is 8.08. The molecule has 0 aliphatic heterocycles. The lowest BCUT2D eigenvalue weighted by Crippen LogP contribution is -2.45. The SMILES string of the molecule is O=C(N[C@@H]1CCCC[C@H]1O)c1cc(Cl)sc1Cl. The minimum atomic E-state index is -0.458. The van der Waals surface area contributed by atoms with E-state index in [2.05, 4.69) is 5.32 Å². The van der Waals surface area contributed by atoms with E-state index in [1.54, 1.807) is 6.07 Å². The molecule has 94 valence electrons. The highest BCUT2D eigenvalue weighted by atomic mass is 35.5. The Morgan fingerprint density at radius 3 is 2.71 bits per heavy atom. The summed E-state index contributed by atoms with van der Waals surface area (Å²) in [7, 11) is 0. The first-order valence-electron chi connectivity index (χ1n) is 5.51. The van der Waals surface area contributed by atoms with E-state index in [9.17, 15) is 9.90 Å². The van der Waals surface area contributed by atoms with E-state index in [4.69, 9.17) is 23.2 Å². The highest BCUT2D eigenvalue weighted by molar-refractivity contribution is 7.20. The largest absolute Gasteiger partial charge is 0.391 e. The normalized spacial score (nSPS) is 24.6. The molecule has 1 aliphatic carbocycles. The van der Waals surface area contributed by atoms with Crippen molar-refractivity contribution in [1.82, 2.24) is 5.32 Å². The third-order valence-electron chi connectivity index (χ3n) is 2.95. The van der Waals surface area contributed by atoms with Gasteiger partial charge in [0.25, 0.3) is 5.91 Å². The Morgan fingerprint density at radius 2 is 2.12 bits per heavy atom. The topological polar surface area (TPSA) is 49.3 Å². The minimum Gasteiger partial charge on any atom is -0.391 e. The van der Waals surface area contributed by atoms with E-state index in [0.717, 1.165) is 25.7 Å². The fourth-order valence-electron chi connectivity index (χ4n) is 2.02. The van der Waals surface area contributed by atoms with Gasteiger partial charge in [-0.2, -0.15) is 0 Å². The zero-order chi connectivity index (χ0) is 12.4. The second-order valence-corrected chi connectivity index (χ2v) is 6.46. The molecule has 3 nitrogen and oxygen atoms in total. The summed E-state index contributed by atoms with van der Waals surface area (Å²) in [6.45, 7) is 0. The second-order valence-electron chi connectivity index (χ2n) is 4.17. The molecule has 17 heavy (non-hydrogen) atoms. The van der Waals surface area contributed by atoms with Gasteiger partial charge in [-0.15, -0.1) is 11.3 Å². The Bertz CT molecular complexity index is 422. The van der Waals surface area contributed by atoms with Crippen molar-refractivity contribution in [1.29, 1.82) is 0 Å². The van der Waals surface area contributed by atoms with Gasteiger partial charge in [0.1, 0.15) is 4.34 Å². The molecule has 0 aromatic carbocycles. The van der Waals surface area contributed by atoms with E-state index in [0.29, 0.717) is 14.2 Å². The van der Waals surface area contributed by atoms with Gasteiger partial charge in [0.15, 0.2) is 0 Å². The third kappa shape index (κ3) is 3.13. The maximum absolute atomic E-state index is 11.9. The molecule has 1 fully saturated rings. The molecule has 1 heterocycles. The second kappa shape index (κ2) is 5.57. The van der Waals surface area contributed by atoms with Crippen LogP contribution in [0.25, 0.3) is 0 Å². The van der Waals surface area contributed by atoms with Crippen molar-refractivity contribution in [2.24, 2.45) is 0 Å². The van der Waals surface area contributed by atoms with E-state index >= 15 is 0 Å². The van der Waals surface area contributed by atoms with Crippen molar-refractivity contribution in [2.45, 2.75) is 37.8 Å². The van der Waals surface area contributed by atoms with Gasteiger partial charge in [0.05, 0.1) is 22.0 Å². The lowest BCUT2D eigenvalue weighted by Gasteiger charge is -2.28. The molecule has 0 spiro atoms. The number of rotatable bonds is 2. The molecule has 0 saturated heterocycles. The van der Waals surface area contributed by atoms with Crippen molar-refractivity contribution >= 4 is 40.4 Å². The van der Waals surface area contributed by atoms with Gasteiger partial charge in [-0.3, -0.25) is 4.79 Å². The summed E-state index contributed by atoms with van der Waals surface area (Å²) in [4.78, 5) is 11.9. The fraction of sp³-hybridized carbons (Fsp3) is 0.545. The third-order valence-corrected chi connectivity index (χ3v) is 4.43. The Kier molecular flexibility index (Phi) is 4.31. The van der Waals surface area contributed by atoms with E-state index in [1.807, 2.05) is 0 Å². The van der Waals surface area contributed by atoms with Gasteiger partial charge in [0.2, 0.25) is 0 Å². The Balaban J connectivity index is 2.03. The molecule has 0 radical (unpaired) electrons. The molecule has 2 rings (SSSR count). The molecule has 2 atom stereocenters. The summed E-state index contributed by atoms with van der Waals surface area (Å²) in [5, 5.41) is 12.6. The number of halogens is 2. The molecule has 1 saturated carbocycles. The maximum atomic E-state index is 11.9. The van der Waals surface area contributed by atoms with Gasteiger partial charge >= 0.3 is 0 Å². The van der Waals surface area contributed by atoms with Crippen molar-refractivity contribution in [3.8, 4) is 0 Å². The van der Waals surface area contributed by atoms with Crippen LogP contribution in [0.4, 0.5) is 0 Å². The van der Waals surface area contributed by atoms with Gasteiger partial charge in [0, 0.05) is 0 Å². The predicted molar refractivity (Wildman–Crippen MR) is 70.1 cm³/mol. The molecule has 1 aromatic heterocycles. The maximum Gasteiger partial charge on any atom is 0.254 e. The van der Waals surface area contributed by atoms with E-state index in [-0.39, 0.29) is 11.9 Å². The number of aliphatic hydroxyl groups is 1. The number of nitrogens with one attached hydrogen (secondary N) is 1. The smallest absolute Gasteiger partial charge is 0.254 e. The van der Waals surface area contributed by atoms with Crippen LogP contribution in [0.3, 0.4) is 0 Å². The summed E-state index contributed by atoms with van der Waals surface area (Å²) < 4.78 is 0.877. The summed E-state index contributed by atoms with van der Waals surface area (Å²) in [6, 6.07) is 1.38. The van der Waals surface area contributed by atoms with Gasteiger partial charge < -0.3 is 10.4 Å². The zero-order valence-corrected chi connectivity index (χ0v) is 11.4. The van der Waals surface area contributed by atoms with Crippen LogP contribution < -0.4 is 5.32 Å². The van der Waals surface area contributed by atoms with Crippen molar-refractivity contribution in [3.05, 3.63) is 20.3 Å². The number of hydrogen-bond acceptors (Lipinski definition) is 3. The number of aliphatic hydroxyl groups excluding tert-OH is 1. The number of carbonyl (C=O) groups is 1. The van der Waals surface area contributed by atoms with Gasteiger partial charge in [-0.25, -0.2) is 0 Å². The molecular weight excluding hydrogens is 281 g/mol. The number of hydrogen-bond donors (Lipinski definition) is 2. The van der Waals surface area contributed by atoms with Crippen molar-refractivity contribution in [2.75, 3.05) is 0 Å². The van der Waals surface area contributed by atoms with Gasteiger partial charge in [-0.05, 0) is 18.9 Å². The quantitative estimate of drug-likeness (QED) is 0.880. The molecule has 1 aromatic rings. The number of thiophene rings is 1. The summed E-state index contributed by atoms with van der Waals surface area (Å²) in [6.07, 6.45) is 3.13. The molecule has 6 heteroatoms. The molecule has 0 bridgehead atoms. The molecule has 1 amide bonds. The minimum absolute atomic E-state index is 0.175. The van der Waals surface area contributed by atoms with Crippen LogP contribution in [0.1, 0.15) is 36.0 Å². The predicted octanol–water partition coefficient (Wildman–Crippen LogP) is 3.09. The summed E-state index contributed by atoms with van der Waals surface area (Å²) in [5.41, 5.74) is 0.388. The monoisotopic (exact) mass is 293 g/mol. The molecular formula is C11H13Cl2NO2S. The van der Waals surface area contributed by atoms with Crippen LogP contribution in [0.2, 0.25) is 8.67 Å². The summed E-state index contributed by atoms with van der Waals surface area (Å²) in [5.74, 6) is -0.260. The number of carbonyl (C=O) groups excluding carboxylic acids is 1. The Labute approximate surface area is 114 Å². The highest BCUT2D eigenvalue weighted by Gasteiger charge is 2.26. The standard InChI is InChI=1S/C11H13Cl2NO2S/c12-9-5-6(10(13)17-9)11(16)14-7-3-1-2-4-8(7)15/h5,7-8,15H,1-4H2,(H,14,16)/t7-,8-/m1/s1. The first-order valence-corrected chi connectivity index (χ1v) is 7.09. The van der Waals surface area contributed by atoms with E-state index < -0.39 is 6.10 Å². The Hall–Kier alpha value is -0.290. The van der Waals surface area contributed by atoms with Crippen LogP contribution in [0.5, 0.6) is 0 Å². The van der Waals surface area contributed by atoms with Crippen LogP contribution in [-0.2, 0) is 0 Å². The van der Waals surface area contributed by atoms with Crippen LogP contribution >= 0.6 is 34.5 Å². The lowest BCUT2D eigenvalue weighted by molar-refractivity contribution is 0.0717. The lowest BCUT2D eigenvalue weighted by atomic mass is 9.92. The fourth-order valence-corrected chi connectivity index (χ4v) is 3.48. The average Bonchev–Trinajstić information content (AvgIpc) is 2.61. The van der Waals surface area contributed by atoms with Crippen LogP contribution in [-0.4, -0.2) is 23.2 Å². The molecule has 2 N–H and O–H groups in total. The van der Waals surface area contributed by atoms with Crippen LogP contribution in [0, 0.1) is 0 Å². The molecule has 1 aliphatic rings. The van der Waals surface area contributed by atoms with E-state index in [1.165, 1.54) is 11.3 Å². The highest BCUT2D eigenvalue weighted by Crippen LogP contribution is 2.31. The van der Waals surface area contributed by atoms with Crippen LogP contribution in [0.15, 0.2) is 6.07 Å². The van der Waals surface area contributed by atoms with Crippen molar-refractivity contribution < 1.29 is 9.90 Å². The average molecular weight is 294 g/mol. The Morgan fingerprint density at radius 1 is 1.41 bits per heavy atom. The first kappa shape index (κ1) is 13.1. The summed E-state index contributed by atoms with van der Waals surface area (Å²) >= 11 is 12.9. The van der Waals surface area contributed by atoms with Gasteiger partial charge in [-0.1, -0.05) is 36.0 Å². The number of amides is 1. The van der Waals surface area contributed by atoms with Crippen molar-refractivity contribution in [3.63, 3.8) is 0 Å².